The van der Waals surface area contributed by atoms with Crippen molar-refractivity contribution >= 4 is 15.5 Å². The monoisotopic (exact) mass is 535 g/mol. The molecule has 2 saturated heterocycles. The lowest BCUT2D eigenvalue weighted by atomic mass is 9.79. The zero-order valence-corrected chi connectivity index (χ0v) is 23.6. The Hall–Kier alpha value is -0.840. The van der Waals surface area contributed by atoms with Gasteiger partial charge in [0.15, 0.2) is 9.84 Å². The fraction of sp³-hybridized carbons (Fsp3) is 0.893. The lowest BCUT2D eigenvalue weighted by Crippen LogP contribution is -2.66. The highest BCUT2D eigenvalue weighted by molar-refractivity contribution is 7.92. The molecule has 5 aliphatic rings. The first kappa shape index (κ1) is 27.7. The molecule has 2 aliphatic carbocycles. The Balaban J connectivity index is 1.09. The predicted octanol–water partition coefficient (Wildman–Crippen LogP) is 2.01. The summed E-state index contributed by atoms with van der Waals surface area (Å²) < 4.78 is 30.5. The van der Waals surface area contributed by atoms with Gasteiger partial charge in [-0.05, 0) is 95.2 Å². The van der Waals surface area contributed by atoms with Crippen LogP contribution in [0.3, 0.4) is 0 Å². The lowest BCUT2D eigenvalue weighted by molar-refractivity contribution is -0.0310. The summed E-state index contributed by atoms with van der Waals surface area (Å²) in [5.41, 5.74) is 9.12. The highest BCUT2D eigenvalue weighted by Gasteiger charge is 2.39. The molecule has 0 radical (unpaired) electrons. The van der Waals surface area contributed by atoms with Crippen LogP contribution in [0, 0.1) is 23.7 Å². The summed E-state index contributed by atoms with van der Waals surface area (Å²) in [4.78, 5) is 4.98. The first-order valence-corrected chi connectivity index (χ1v) is 16.4. The van der Waals surface area contributed by atoms with Crippen LogP contribution < -0.4 is 21.7 Å². The Morgan fingerprint density at radius 1 is 1.05 bits per heavy atom. The van der Waals surface area contributed by atoms with Crippen molar-refractivity contribution in [1.29, 1.82) is 0 Å². The van der Waals surface area contributed by atoms with Gasteiger partial charge in [-0.2, -0.15) is 0 Å². The van der Waals surface area contributed by atoms with Crippen LogP contribution >= 0.6 is 0 Å². The number of piperazine rings is 1. The van der Waals surface area contributed by atoms with E-state index in [2.05, 4.69) is 22.0 Å². The maximum absolute atomic E-state index is 12.6. The van der Waals surface area contributed by atoms with E-state index in [9.17, 15) is 8.42 Å². The number of nitrogens with one attached hydrogen (secondary N) is 3. The zero-order valence-electron chi connectivity index (χ0n) is 22.8. The Morgan fingerprint density at radius 2 is 1.76 bits per heavy atom. The van der Waals surface area contributed by atoms with Crippen molar-refractivity contribution < 1.29 is 13.2 Å². The zero-order chi connectivity index (χ0) is 26.0. The van der Waals surface area contributed by atoms with Gasteiger partial charge in [-0.15, -0.1) is 0 Å². The first-order chi connectivity index (χ1) is 17.8. The Morgan fingerprint density at radius 3 is 2.41 bits per heavy atom. The summed E-state index contributed by atoms with van der Waals surface area (Å²) in [5.74, 6) is 2.57. The van der Waals surface area contributed by atoms with E-state index < -0.39 is 9.84 Å². The van der Waals surface area contributed by atoms with Crippen LogP contribution in [-0.2, 0) is 14.6 Å². The van der Waals surface area contributed by atoms with Gasteiger partial charge in [0.2, 0.25) is 0 Å². The van der Waals surface area contributed by atoms with E-state index in [0.717, 1.165) is 76.9 Å². The van der Waals surface area contributed by atoms with Crippen molar-refractivity contribution in [2.45, 2.75) is 94.0 Å². The molecule has 0 amide bonds. The molecule has 0 bridgehead atoms. The second kappa shape index (κ2) is 12.1. The molecule has 0 aromatic carbocycles. The third-order valence-corrected chi connectivity index (χ3v) is 12.5. The van der Waals surface area contributed by atoms with Crippen molar-refractivity contribution in [3.8, 4) is 0 Å². The summed E-state index contributed by atoms with van der Waals surface area (Å²) in [6.07, 6.45) is 10.7. The fourth-order valence-electron chi connectivity index (χ4n) is 7.07. The van der Waals surface area contributed by atoms with E-state index in [1.165, 1.54) is 37.0 Å². The molecule has 3 unspecified atom stereocenters. The number of nitrogens with two attached hydrogens (primary N) is 1. The van der Waals surface area contributed by atoms with Crippen LogP contribution in [0.4, 0.5) is 0 Å². The summed E-state index contributed by atoms with van der Waals surface area (Å²) in [6.45, 7) is 9.29. The highest BCUT2D eigenvalue weighted by atomic mass is 32.2. The van der Waals surface area contributed by atoms with E-state index in [0.29, 0.717) is 17.9 Å². The van der Waals surface area contributed by atoms with E-state index in [4.69, 9.17) is 15.5 Å². The molecule has 37 heavy (non-hydrogen) atoms. The SMILES string of the molecule is CC(C)S(=O)(=O)C1CCC(C2CNC(N)C(C3=CC(C4CCC(CNCC5COC5)CC4)=NC3)N2)CC1. The molecule has 9 heteroatoms. The minimum absolute atomic E-state index is 0.0909. The number of sulfone groups is 1. The maximum atomic E-state index is 12.6. The van der Waals surface area contributed by atoms with Gasteiger partial charge in [-0.3, -0.25) is 10.3 Å². The number of rotatable bonds is 9. The molecule has 0 aromatic heterocycles. The van der Waals surface area contributed by atoms with Crippen molar-refractivity contribution in [3.05, 3.63) is 11.6 Å². The molecule has 5 rings (SSSR count). The van der Waals surface area contributed by atoms with Crippen LogP contribution in [0.15, 0.2) is 16.6 Å². The van der Waals surface area contributed by atoms with Crippen molar-refractivity contribution in [1.82, 2.24) is 16.0 Å². The first-order valence-electron chi connectivity index (χ1n) is 14.8. The highest BCUT2D eigenvalue weighted by Crippen LogP contribution is 2.34. The third-order valence-electron chi connectivity index (χ3n) is 9.75. The molecule has 3 atom stereocenters. The summed E-state index contributed by atoms with van der Waals surface area (Å²) in [6, 6.07) is 0.417. The van der Waals surface area contributed by atoms with E-state index >= 15 is 0 Å². The van der Waals surface area contributed by atoms with Gasteiger partial charge >= 0.3 is 0 Å². The van der Waals surface area contributed by atoms with Gasteiger partial charge in [0.1, 0.15) is 0 Å². The average molecular weight is 536 g/mol. The number of hydrogen-bond donors (Lipinski definition) is 4. The van der Waals surface area contributed by atoms with Gasteiger partial charge in [-0.1, -0.05) is 0 Å². The minimum Gasteiger partial charge on any atom is -0.381 e. The van der Waals surface area contributed by atoms with Gasteiger partial charge in [-0.25, -0.2) is 8.42 Å². The van der Waals surface area contributed by atoms with Gasteiger partial charge in [0, 0.05) is 36.7 Å². The number of nitrogens with zero attached hydrogens (tertiary/aromatic N) is 1. The molecule has 5 N–H and O–H groups in total. The van der Waals surface area contributed by atoms with Crippen LogP contribution in [0.1, 0.15) is 65.2 Å². The number of ether oxygens (including phenoxy) is 1. The van der Waals surface area contributed by atoms with Crippen LogP contribution in [0.25, 0.3) is 0 Å². The van der Waals surface area contributed by atoms with Crippen molar-refractivity contribution in [2.75, 3.05) is 39.4 Å². The van der Waals surface area contributed by atoms with Crippen molar-refractivity contribution in [3.63, 3.8) is 0 Å². The number of hydrogen-bond acceptors (Lipinski definition) is 8. The normalized spacial score (nSPS) is 37.8. The molecule has 2 saturated carbocycles. The minimum atomic E-state index is -3.00. The van der Waals surface area contributed by atoms with Gasteiger partial charge in [0.05, 0.1) is 42.5 Å². The van der Waals surface area contributed by atoms with E-state index in [-0.39, 0.29) is 22.7 Å². The molecule has 0 spiro atoms. The van der Waals surface area contributed by atoms with Gasteiger partial charge < -0.3 is 21.1 Å². The summed E-state index contributed by atoms with van der Waals surface area (Å²) in [7, 11) is -3.00. The predicted molar refractivity (Wildman–Crippen MR) is 150 cm³/mol. The van der Waals surface area contributed by atoms with E-state index in [1.54, 1.807) is 0 Å². The molecule has 3 aliphatic heterocycles. The second-order valence-corrected chi connectivity index (χ2v) is 15.4. The standard InChI is InChI=1S/C28H49N5O3S/c1-18(2)37(34,35)24-9-7-22(8-10-24)26-15-32-28(29)27(33-26)23-11-25(31-14-23)21-5-3-19(4-6-21)12-30-13-20-16-36-17-20/h11,18-22,24,26-28,30,32-33H,3-10,12-17,29H2,1-2H3. The molecule has 8 nitrogen and oxygen atoms in total. The molecule has 3 heterocycles. The smallest absolute Gasteiger partial charge is 0.155 e. The molecule has 4 fully saturated rings. The molecular formula is C28H49N5O3S. The summed E-state index contributed by atoms with van der Waals surface area (Å²) in [5, 5.41) is 10.6. The van der Waals surface area contributed by atoms with Crippen LogP contribution in [-0.4, -0.2) is 82.3 Å². The largest absolute Gasteiger partial charge is 0.381 e. The lowest BCUT2D eigenvalue weighted by Gasteiger charge is -2.42. The quantitative estimate of drug-likeness (QED) is 0.357. The van der Waals surface area contributed by atoms with E-state index in [1.807, 2.05) is 13.8 Å². The number of allylic oxidation sites excluding steroid dienone is 1. The van der Waals surface area contributed by atoms with Crippen LogP contribution in [0.2, 0.25) is 0 Å². The average Bonchev–Trinajstić information content (AvgIpc) is 3.36. The molecular weight excluding hydrogens is 486 g/mol. The topological polar surface area (TPSA) is 118 Å². The van der Waals surface area contributed by atoms with Crippen molar-refractivity contribution in [2.24, 2.45) is 34.4 Å². The van der Waals surface area contributed by atoms with Crippen LogP contribution in [0.5, 0.6) is 0 Å². The Bertz CT molecular complexity index is 931. The molecule has 210 valence electrons. The fourth-order valence-corrected chi connectivity index (χ4v) is 8.77. The summed E-state index contributed by atoms with van der Waals surface area (Å²) >= 11 is 0. The maximum Gasteiger partial charge on any atom is 0.155 e. The number of aliphatic imine (C=N–C) groups is 1. The second-order valence-electron chi connectivity index (χ2n) is 12.6. The Labute approximate surface area is 223 Å². The van der Waals surface area contributed by atoms with Gasteiger partial charge in [0.25, 0.3) is 0 Å². The Kier molecular flexibility index (Phi) is 9.09. The third kappa shape index (κ3) is 6.49. The molecule has 0 aromatic rings.